The Morgan fingerprint density at radius 3 is 1.89 bits per heavy atom. The molecule has 0 aromatic heterocycles. The summed E-state index contributed by atoms with van der Waals surface area (Å²) in [5.41, 5.74) is 1.50. The van der Waals surface area contributed by atoms with Crippen LogP contribution in [0.3, 0.4) is 0 Å². The molecule has 0 aliphatic rings. The van der Waals surface area contributed by atoms with Gasteiger partial charge in [0.1, 0.15) is 0 Å². The molecule has 1 rings (SSSR count). The van der Waals surface area contributed by atoms with Crippen LogP contribution in [0.1, 0.15) is 70.4 Å². The highest BCUT2D eigenvalue weighted by molar-refractivity contribution is 5.81. The van der Waals surface area contributed by atoms with Crippen LogP contribution >= 0.6 is 0 Å². The van der Waals surface area contributed by atoms with E-state index in [2.05, 4.69) is 39.8 Å². The smallest absolute Gasteiger partial charge is 0.314 e. The van der Waals surface area contributed by atoms with Gasteiger partial charge in [0.2, 0.25) is 0 Å². The summed E-state index contributed by atoms with van der Waals surface area (Å²) in [7, 11) is 0. The molecule has 1 aromatic rings. The normalized spacial score (nSPS) is 11.8. The van der Waals surface area contributed by atoms with Crippen LogP contribution in [0.4, 0.5) is 0 Å². The van der Waals surface area contributed by atoms with Gasteiger partial charge in [-0.15, -0.1) is 0 Å². The summed E-state index contributed by atoms with van der Waals surface area (Å²) in [4.78, 5) is 11.8. The van der Waals surface area contributed by atoms with Gasteiger partial charge in [-0.3, -0.25) is 4.79 Å². The molecule has 0 saturated carbocycles. The van der Waals surface area contributed by atoms with E-state index in [1.165, 1.54) is 5.56 Å². The minimum atomic E-state index is -0.709. The monoisotopic (exact) mass is 262 g/mol. The van der Waals surface area contributed by atoms with Gasteiger partial charge in [0.05, 0.1) is 5.41 Å². The molecule has 0 saturated heterocycles. The number of aliphatic carboxylic acids is 1. The fraction of sp³-hybridized carbons (Fsp3) is 0.588. The zero-order chi connectivity index (χ0) is 14.5. The van der Waals surface area contributed by atoms with Gasteiger partial charge >= 0.3 is 5.97 Å². The molecule has 0 fully saturated rings. The minimum absolute atomic E-state index is 0.477. The van der Waals surface area contributed by atoms with Gasteiger partial charge in [0.15, 0.2) is 0 Å². The first kappa shape index (κ1) is 15.7. The van der Waals surface area contributed by atoms with E-state index in [0.29, 0.717) is 18.8 Å². The van der Waals surface area contributed by atoms with Crippen molar-refractivity contribution in [3.63, 3.8) is 0 Å². The summed E-state index contributed by atoms with van der Waals surface area (Å²) in [6.45, 7) is 8.40. The van der Waals surface area contributed by atoms with E-state index in [9.17, 15) is 9.90 Å². The number of benzene rings is 1. The van der Waals surface area contributed by atoms with E-state index < -0.39 is 11.4 Å². The van der Waals surface area contributed by atoms with Crippen LogP contribution in [0.2, 0.25) is 0 Å². The van der Waals surface area contributed by atoms with E-state index in [-0.39, 0.29) is 0 Å². The molecule has 2 heteroatoms. The first-order valence-electron chi connectivity index (χ1n) is 7.31. The minimum Gasteiger partial charge on any atom is -0.481 e. The highest BCUT2D eigenvalue weighted by atomic mass is 16.4. The van der Waals surface area contributed by atoms with Gasteiger partial charge in [-0.2, -0.15) is 0 Å². The molecular formula is C17H26O2. The van der Waals surface area contributed by atoms with Crippen molar-refractivity contribution in [1.82, 2.24) is 0 Å². The average molecular weight is 262 g/mol. The number of carbonyl (C=O) groups is 1. The topological polar surface area (TPSA) is 37.3 Å². The molecule has 106 valence electrons. The number of carboxylic acids is 1. The lowest BCUT2D eigenvalue weighted by molar-refractivity contribution is -0.144. The highest BCUT2D eigenvalue weighted by Crippen LogP contribution is 2.35. The van der Waals surface area contributed by atoms with Crippen molar-refractivity contribution >= 4 is 5.97 Å². The summed E-state index contributed by atoms with van der Waals surface area (Å²) >= 11 is 0. The number of carboxylic acid groups (broad SMARTS) is 1. The van der Waals surface area contributed by atoms with Crippen molar-refractivity contribution in [2.45, 2.75) is 64.7 Å². The molecule has 0 aliphatic carbocycles. The summed E-state index contributed by atoms with van der Waals surface area (Å²) in [5, 5.41) is 9.72. The maximum atomic E-state index is 11.8. The van der Waals surface area contributed by atoms with E-state index in [1.54, 1.807) is 0 Å². The maximum Gasteiger partial charge on any atom is 0.314 e. The SMILES string of the molecule is CCCC(CCC)(C(=O)O)c1ccc(C(C)C)cc1. The van der Waals surface area contributed by atoms with Crippen molar-refractivity contribution in [2.24, 2.45) is 0 Å². The lowest BCUT2D eigenvalue weighted by Crippen LogP contribution is -2.35. The molecule has 0 bridgehead atoms. The summed E-state index contributed by atoms with van der Waals surface area (Å²) < 4.78 is 0. The van der Waals surface area contributed by atoms with E-state index in [1.807, 2.05) is 12.1 Å². The van der Waals surface area contributed by atoms with E-state index in [4.69, 9.17) is 0 Å². The molecule has 0 unspecified atom stereocenters. The van der Waals surface area contributed by atoms with Gasteiger partial charge in [-0.05, 0) is 29.9 Å². The molecular weight excluding hydrogens is 236 g/mol. The molecule has 0 spiro atoms. The molecule has 19 heavy (non-hydrogen) atoms. The largest absolute Gasteiger partial charge is 0.481 e. The molecule has 0 radical (unpaired) electrons. The summed E-state index contributed by atoms with van der Waals surface area (Å²) in [6, 6.07) is 8.16. The van der Waals surface area contributed by atoms with Gasteiger partial charge < -0.3 is 5.11 Å². The molecule has 0 atom stereocenters. The Morgan fingerprint density at radius 2 is 1.58 bits per heavy atom. The Hall–Kier alpha value is -1.31. The molecule has 1 N–H and O–H groups in total. The molecule has 2 nitrogen and oxygen atoms in total. The van der Waals surface area contributed by atoms with Crippen LogP contribution in [-0.2, 0) is 10.2 Å². The second-order valence-corrected chi connectivity index (χ2v) is 5.66. The van der Waals surface area contributed by atoms with Gasteiger partial charge in [-0.1, -0.05) is 64.8 Å². The van der Waals surface area contributed by atoms with Gasteiger partial charge in [-0.25, -0.2) is 0 Å². The van der Waals surface area contributed by atoms with Crippen molar-refractivity contribution in [1.29, 1.82) is 0 Å². The Labute approximate surface area is 116 Å². The first-order valence-corrected chi connectivity index (χ1v) is 7.31. The second-order valence-electron chi connectivity index (χ2n) is 5.66. The zero-order valence-electron chi connectivity index (χ0n) is 12.6. The van der Waals surface area contributed by atoms with Crippen LogP contribution in [0.5, 0.6) is 0 Å². The predicted molar refractivity (Wildman–Crippen MR) is 79.7 cm³/mol. The third-order valence-electron chi connectivity index (χ3n) is 3.89. The van der Waals surface area contributed by atoms with Crippen LogP contribution in [0, 0.1) is 0 Å². The number of hydrogen-bond donors (Lipinski definition) is 1. The Kier molecular flexibility index (Phi) is 5.59. The average Bonchev–Trinajstić information content (AvgIpc) is 2.38. The fourth-order valence-corrected chi connectivity index (χ4v) is 2.79. The summed E-state index contributed by atoms with van der Waals surface area (Å²) in [5.74, 6) is -0.209. The molecule has 0 aliphatic heterocycles. The Morgan fingerprint density at radius 1 is 1.11 bits per heavy atom. The van der Waals surface area contributed by atoms with Crippen LogP contribution in [0.25, 0.3) is 0 Å². The van der Waals surface area contributed by atoms with Crippen LogP contribution in [0.15, 0.2) is 24.3 Å². The lowest BCUT2D eigenvalue weighted by atomic mass is 9.73. The fourth-order valence-electron chi connectivity index (χ4n) is 2.79. The van der Waals surface area contributed by atoms with Crippen molar-refractivity contribution in [3.8, 4) is 0 Å². The lowest BCUT2D eigenvalue weighted by Gasteiger charge is -2.29. The van der Waals surface area contributed by atoms with Gasteiger partial charge in [0, 0.05) is 0 Å². The zero-order valence-corrected chi connectivity index (χ0v) is 12.6. The Balaban J connectivity index is 3.19. The quantitative estimate of drug-likeness (QED) is 0.771. The molecule has 0 amide bonds. The second kappa shape index (κ2) is 6.74. The number of hydrogen-bond acceptors (Lipinski definition) is 1. The Bertz CT molecular complexity index is 398. The van der Waals surface area contributed by atoms with E-state index >= 15 is 0 Å². The van der Waals surface area contributed by atoms with Gasteiger partial charge in [0.25, 0.3) is 0 Å². The standard InChI is InChI=1S/C17H26O2/c1-5-11-17(12-6-2,16(18)19)15-9-7-14(8-10-15)13(3)4/h7-10,13H,5-6,11-12H2,1-4H3,(H,18,19). The maximum absolute atomic E-state index is 11.8. The summed E-state index contributed by atoms with van der Waals surface area (Å²) in [6.07, 6.45) is 3.19. The number of rotatable bonds is 7. The first-order chi connectivity index (χ1) is 8.97. The third-order valence-corrected chi connectivity index (χ3v) is 3.89. The third kappa shape index (κ3) is 3.37. The van der Waals surface area contributed by atoms with Crippen LogP contribution < -0.4 is 0 Å². The predicted octanol–water partition coefficient (Wildman–Crippen LogP) is 4.73. The molecule has 1 aromatic carbocycles. The highest BCUT2D eigenvalue weighted by Gasteiger charge is 2.38. The van der Waals surface area contributed by atoms with Crippen molar-refractivity contribution in [3.05, 3.63) is 35.4 Å². The van der Waals surface area contributed by atoms with Crippen molar-refractivity contribution in [2.75, 3.05) is 0 Å². The molecule has 0 heterocycles. The van der Waals surface area contributed by atoms with E-state index in [0.717, 1.165) is 18.4 Å². The van der Waals surface area contributed by atoms with Crippen LogP contribution in [-0.4, -0.2) is 11.1 Å². The van der Waals surface area contributed by atoms with Crippen molar-refractivity contribution < 1.29 is 9.90 Å².